The molecule has 0 saturated carbocycles. The summed E-state index contributed by atoms with van der Waals surface area (Å²) < 4.78 is 11.2. The number of carbonyl (C=O) groups is 2. The van der Waals surface area contributed by atoms with Gasteiger partial charge in [0.2, 0.25) is 0 Å². The largest absolute Gasteiger partial charge is 0.490 e. The molecule has 2 aliphatic rings. The first-order valence-electron chi connectivity index (χ1n) is 10.4. The monoisotopic (exact) mass is 437 g/mol. The molecule has 1 aliphatic heterocycles. The Kier molecular flexibility index (Phi) is 6.42. The van der Waals surface area contributed by atoms with E-state index in [4.69, 9.17) is 21.1 Å². The molecule has 0 amide bonds. The summed E-state index contributed by atoms with van der Waals surface area (Å²) in [4.78, 5) is 26.0. The topological polar surface area (TPSA) is 64.6 Å². The number of carbonyl (C=O) groups excluding carboxylic acids is 2. The zero-order chi connectivity index (χ0) is 21.8. The molecule has 6 heteroatoms. The Morgan fingerprint density at radius 1 is 1.06 bits per heavy atom. The standard InChI is InChI=1S/C25H24ClNO4/c1-16-22(25(29)31-15-14-30-17-8-3-2-4-9-17)23(18-10-5-6-11-19(18)26)24-20(27-16)12-7-13-21(24)28/h2-6,8-11,23,27H,7,12-15H2,1H3. The van der Waals surface area contributed by atoms with E-state index in [0.29, 0.717) is 34.0 Å². The van der Waals surface area contributed by atoms with Gasteiger partial charge in [0, 0.05) is 34.3 Å². The lowest BCUT2D eigenvalue weighted by Gasteiger charge is -2.34. The number of hydrogen-bond acceptors (Lipinski definition) is 5. The van der Waals surface area contributed by atoms with Gasteiger partial charge in [-0.15, -0.1) is 0 Å². The zero-order valence-corrected chi connectivity index (χ0v) is 18.1. The van der Waals surface area contributed by atoms with Crippen LogP contribution in [0.4, 0.5) is 0 Å². The maximum atomic E-state index is 13.1. The third-order valence-corrected chi connectivity index (χ3v) is 5.88. The number of Topliss-reactive ketones (excluding diaryl/α,β-unsaturated/α-hetero) is 1. The van der Waals surface area contributed by atoms with E-state index in [1.807, 2.05) is 55.5 Å². The van der Waals surface area contributed by atoms with Gasteiger partial charge in [0.15, 0.2) is 5.78 Å². The lowest BCUT2D eigenvalue weighted by Crippen LogP contribution is -2.34. The van der Waals surface area contributed by atoms with Crippen LogP contribution in [0.2, 0.25) is 5.02 Å². The van der Waals surface area contributed by atoms with Gasteiger partial charge < -0.3 is 14.8 Å². The van der Waals surface area contributed by atoms with Gasteiger partial charge in [0.05, 0.1) is 5.57 Å². The lowest BCUT2D eigenvalue weighted by atomic mass is 9.75. The summed E-state index contributed by atoms with van der Waals surface area (Å²) in [7, 11) is 0. The van der Waals surface area contributed by atoms with Crippen LogP contribution in [0.5, 0.6) is 5.75 Å². The quantitative estimate of drug-likeness (QED) is 0.512. The number of para-hydroxylation sites is 1. The van der Waals surface area contributed by atoms with Crippen molar-refractivity contribution < 1.29 is 19.1 Å². The second-order valence-electron chi connectivity index (χ2n) is 7.58. The molecule has 4 rings (SSSR count). The highest BCUT2D eigenvalue weighted by Gasteiger charge is 2.39. The van der Waals surface area contributed by atoms with Crippen LogP contribution in [0, 0.1) is 0 Å². The van der Waals surface area contributed by atoms with Crippen molar-refractivity contribution in [3.8, 4) is 5.75 Å². The van der Waals surface area contributed by atoms with Crippen molar-refractivity contribution >= 4 is 23.4 Å². The number of rotatable bonds is 6. The molecule has 0 fully saturated rings. The minimum absolute atomic E-state index is 0.0453. The molecule has 0 radical (unpaired) electrons. The Morgan fingerprint density at radius 3 is 2.58 bits per heavy atom. The molecule has 0 aromatic heterocycles. The maximum Gasteiger partial charge on any atom is 0.336 e. The van der Waals surface area contributed by atoms with Crippen LogP contribution >= 0.6 is 11.6 Å². The van der Waals surface area contributed by atoms with Crippen molar-refractivity contribution in [2.45, 2.75) is 32.1 Å². The van der Waals surface area contributed by atoms with Crippen LogP contribution in [0.1, 0.15) is 37.7 Å². The number of hydrogen-bond donors (Lipinski definition) is 1. The number of esters is 1. The zero-order valence-electron chi connectivity index (χ0n) is 17.3. The fraction of sp³-hybridized carbons (Fsp3) is 0.280. The molecule has 2 aromatic rings. The predicted octanol–water partition coefficient (Wildman–Crippen LogP) is 4.93. The van der Waals surface area contributed by atoms with Gasteiger partial charge in [-0.1, -0.05) is 48.0 Å². The van der Waals surface area contributed by atoms with Crippen molar-refractivity contribution in [1.82, 2.24) is 5.32 Å². The average Bonchev–Trinajstić information content (AvgIpc) is 2.77. The third kappa shape index (κ3) is 4.52. The lowest BCUT2D eigenvalue weighted by molar-refractivity contribution is -0.140. The first kappa shape index (κ1) is 21.2. The second-order valence-corrected chi connectivity index (χ2v) is 7.99. The van der Waals surface area contributed by atoms with E-state index in [0.717, 1.165) is 24.1 Å². The van der Waals surface area contributed by atoms with Gasteiger partial charge in [-0.05, 0) is 43.5 Å². The molecule has 1 aliphatic carbocycles. The molecule has 1 N–H and O–H groups in total. The predicted molar refractivity (Wildman–Crippen MR) is 119 cm³/mol. The van der Waals surface area contributed by atoms with Crippen molar-refractivity contribution in [3.05, 3.63) is 87.7 Å². The Hall–Kier alpha value is -3.05. The van der Waals surface area contributed by atoms with Crippen molar-refractivity contribution in [1.29, 1.82) is 0 Å². The molecule has 31 heavy (non-hydrogen) atoms. The van der Waals surface area contributed by atoms with E-state index in [1.54, 1.807) is 6.07 Å². The fourth-order valence-electron chi connectivity index (χ4n) is 4.16. The van der Waals surface area contributed by atoms with Crippen LogP contribution in [0.25, 0.3) is 0 Å². The molecule has 0 bridgehead atoms. The van der Waals surface area contributed by atoms with Gasteiger partial charge >= 0.3 is 5.97 Å². The average molecular weight is 438 g/mol. The molecular formula is C25H24ClNO4. The molecule has 1 heterocycles. The molecule has 0 spiro atoms. The smallest absolute Gasteiger partial charge is 0.336 e. The number of ketones is 1. The summed E-state index contributed by atoms with van der Waals surface area (Å²) >= 11 is 6.50. The highest BCUT2D eigenvalue weighted by molar-refractivity contribution is 6.31. The van der Waals surface area contributed by atoms with E-state index in [2.05, 4.69) is 5.32 Å². The molecular weight excluding hydrogens is 414 g/mol. The number of benzene rings is 2. The van der Waals surface area contributed by atoms with Gasteiger partial charge in [-0.25, -0.2) is 4.79 Å². The van der Waals surface area contributed by atoms with Crippen molar-refractivity contribution in [3.63, 3.8) is 0 Å². The van der Waals surface area contributed by atoms with Crippen LogP contribution in [-0.2, 0) is 14.3 Å². The van der Waals surface area contributed by atoms with Crippen LogP contribution < -0.4 is 10.1 Å². The summed E-state index contributed by atoms with van der Waals surface area (Å²) in [6.07, 6.45) is 2.03. The van der Waals surface area contributed by atoms with Gasteiger partial charge in [0.25, 0.3) is 0 Å². The fourth-order valence-corrected chi connectivity index (χ4v) is 4.41. The minimum atomic E-state index is -0.541. The highest BCUT2D eigenvalue weighted by atomic mass is 35.5. The highest BCUT2D eigenvalue weighted by Crippen LogP contribution is 2.44. The molecule has 1 atom stereocenters. The first-order valence-corrected chi connectivity index (χ1v) is 10.8. The summed E-state index contributed by atoms with van der Waals surface area (Å²) in [5, 5.41) is 3.80. The van der Waals surface area contributed by atoms with E-state index in [9.17, 15) is 9.59 Å². The van der Waals surface area contributed by atoms with E-state index < -0.39 is 11.9 Å². The van der Waals surface area contributed by atoms with Gasteiger partial charge in [0.1, 0.15) is 19.0 Å². The Morgan fingerprint density at radius 2 is 1.81 bits per heavy atom. The van der Waals surface area contributed by atoms with Gasteiger partial charge in [-0.3, -0.25) is 4.79 Å². The van der Waals surface area contributed by atoms with E-state index in [1.165, 1.54) is 0 Å². The SMILES string of the molecule is CC1=C(C(=O)OCCOc2ccccc2)C(c2ccccc2Cl)C2=C(CCCC2=O)N1. The van der Waals surface area contributed by atoms with Crippen LogP contribution in [-0.4, -0.2) is 25.0 Å². The Labute approximate surface area is 186 Å². The molecule has 0 saturated heterocycles. The molecule has 5 nitrogen and oxygen atoms in total. The normalized spacial score (nSPS) is 18.4. The minimum Gasteiger partial charge on any atom is -0.490 e. The van der Waals surface area contributed by atoms with Crippen molar-refractivity contribution in [2.24, 2.45) is 0 Å². The third-order valence-electron chi connectivity index (χ3n) is 5.54. The molecule has 2 aromatic carbocycles. The van der Waals surface area contributed by atoms with Crippen molar-refractivity contribution in [2.75, 3.05) is 13.2 Å². The summed E-state index contributed by atoms with van der Waals surface area (Å²) in [5.41, 5.74) is 3.34. The number of ether oxygens (including phenoxy) is 2. The second kappa shape index (κ2) is 9.40. The Bertz CT molecular complexity index is 1060. The van der Waals surface area contributed by atoms with Gasteiger partial charge in [-0.2, -0.15) is 0 Å². The Balaban J connectivity index is 1.57. The molecule has 1 unspecified atom stereocenters. The summed E-state index contributed by atoms with van der Waals surface area (Å²) in [5.74, 6) is -0.259. The number of allylic oxidation sites excluding steroid dienone is 3. The first-order chi connectivity index (χ1) is 15.1. The molecule has 160 valence electrons. The maximum absolute atomic E-state index is 13.1. The summed E-state index contributed by atoms with van der Waals surface area (Å²) in [6, 6.07) is 16.7. The summed E-state index contributed by atoms with van der Waals surface area (Å²) in [6.45, 7) is 2.17. The number of nitrogens with one attached hydrogen (secondary N) is 1. The number of dihydropyridines is 1. The van der Waals surface area contributed by atoms with Crippen LogP contribution in [0.15, 0.2) is 77.1 Å². The number of halogens is 1. The van der Waals surface area contributed by atoms with E-state index in [-0.39, 0.29) is 19.0 Å². The van der Waals surface area contributed by atoms with Crippen LogP contribution in [0.3, 0.4) is 0 Å². The van der Waals surface area contributed by atoms with E-state index >= 15 is 0 Å².